The second-order valence-electron chi connectivity index (χ2n) is 5.07. The maximum Gasteiger partial charge on any atom is 0.00467 e. The van der Waals surface area contributed by atoms with E-state index in [1.807, 2.05) is 0 Å². The van der Waals surface area contributed by atoms with Crippen LogP contribution in [0.3, 0.4) is 0 Å². The van der Waals surface area contributed by atoms with Crippen molar-refractivity contribution in [2.45, 2.75) is 39.2 Å². The molecular formula is C13H28N2S. The molecule has 1 aliphatic rings. The summed E-state index contributed by atoms with van der Waals surface area (Å²) in [4.78, 5) is 2.47. The average Bonchev–Trinajstić information content (AvgIpc) is 2.27. The summed E-state index contributed by atoms with van der Waals surface area (Å²) in [6.45, 7) is 8.34. The van der Waals surface area contributed by atoms with Gasteiger partial charge < -0.3 is 10.2 Å². The molecule has 0 spiro atoms. The van der Waals surface area contributed by atoms with E-state index in [1.54, 1.807) is 0 Å². The van der Waals surface area contributed by atoms with Gasteiger partial charge in [0.1, 0.15) is 0 Å². The Morgan fingerprint density at radius 3 is 3.00 bits per heavy atom. The van der Waals surface area contributed by atoms with E-state index in [0.29, 0.717) is 6.04 Å². The maximum absolute atomic E-state index is 3.69. The number of hydrogen-bond donors (Lipinski definition) is 1. The van der Waals surface area contributed by atoms with E-state index >= 15 is 0 Å². The smallest absolute Gasteiger partial charge is 0.00467 e. The van der Waals surface area contributed by atoms with Gasteiger partial charge >= 0.3 is 0 Å². The molecule has 2 unspecified atom stereocenters. The molecule has 0 amide bonds. The molecule has 16 heavy (non-hydrogen) atoms. The van der Waals surface area contributed by atoms with E-state index in [-0.39, 0.29) is 0 Å². The SMILES string of the molecule is CCSCCC(C)NCC1CCCN(C)C1. The Kier molecular flexibility index (Phi) is 7.50. The molecule has 0 aromatic carbocycles. The zero-order valence-electron chi connectivity index (χ0n) is 11.2. The van der Waals surface area contributed by atoms with Gasteiger partial charge in [-0.2, -0.15) is 11.8 Å². The molecule has 0 radical (unpaired) electrons. The minimum atomic E-state index is 0.686. The summed E-state index contributed by atoms with van der Waals surface area (Å²) in [6.07, 6.45) is 4.09. The largest absolute Gasteiger partial charge is 0.314 e. The summed E-state index contributed by atoms with van der Waals surface area (Å²) >= 11 is 2.05. The Balaban J connectivity index is 2.04. The molecule has 1 aliphatic heterocycles. The van der Waals surface area contributed by atoms with Crippen LogP contribution in [-0.4, -0.2) is 49.1 Å². The van der Waals surface area contributed by atoms with Crippen LogP contribution in [0.4, 0.5) is 0 Å². The standard InChI is InChI=1S/C13H28N2S/c1-4-16-9-7-12(2)14-10-13-6-5-8-15(3)11-13/h12-14H,4-11H2,1-3H3. The lowest BCUT2D eigenvalue weighted by molar-refractivity contribution is 0.203. The fourth-order valence-corrected chi connectivity index (χ4v) is 3.12. The third-order valence-electron chi connectivity index (χ3n) is 3.38. The van der Waals surface area contributed by atoms with Gasteiger partial charge in [0.2, 0.25) is 0 Å². The minimum Gasteiger partial charge on any atom is -0.314 e. The summed E-state index contributed by atoms with van der Waals surface area (Å²) in [7, 11) is 2.24. The van der Waals surface area contributed by atoms with Crippen LogP contribution in [0.2, 0.25) is 0 Å². The highest BCUT2D eigenvalue weighted by Gasteiger charge is 2.17. The number of likely N-dealkylation sites (tertiary alicyclic amines) is 1. The van der Waals surface area contributed by atoms with Gasteiger partial charge in [0.15, 0.2) is 0 Å². The highest BCUT2D eigenvalue weighted by molar-refractivity contribution is 7.99. The molecule has 0 aromatic rings. The molecule has 0 saturated carbocycles. The van der Waals surface area contributed by atoms with Gasteiger partial charge in [-0.15, -0.1) is 0 Å². The molecule has 3 heteroatoms. The van der Waals surface area contributed by atoms with Crippen LogP contribution in [0.15, 0.2) is 0 Å². The summed E-state index contributed by atoms with van der Waals surface area (Å²) in [5.41, 5.74) is 0. The van der Waals surface area contributed by atoms with Crippen molar-refractivity contribution in [3.8, 4) is 0 Å². The van der Waals surface area contributed by atoms with E-state index in [0.717, 1.165) is 5.92 Å². The highest BCUT2D eigenvalue weighted by atomic mass is 32.2. The van der Waals surface area contributed by atoms with Crippen molar-refractivity contribution >= 4 is 11.8 Å². The first-order chi connectivity index (χ1) is 7.72. The molecule has 0 bridgehead atoms. The molecule has 2 atom stereocenters. The highest BCUT2D eigenvalue weighted by Crippen LogP contribution is 2.14. The van der Waals surface area contributed by atoms with Crippen LogP contribution in [0.1, 0.15) is 33.1 Å². The Labute approximate surface area is 106 Å². The van der Waals surface area contributed by atoms with E-state index in [4.69, 9.17) is 0 Å². The van der Waals surface area contributed by atoms with Gasteiger partial charge in [-0.1, -0.05) is 6.92 Å². The summed E-state index contributed by atoms with van der Waals surface area (Å²) in [5.74, 6) is 3.43. The third-order valence-corrected chi connectivity index (χ3v) is 4.31. The number of thioether (sulfide) groups is 1. The van der Waals surface area contributed by atoms with Crippen molar-refractivity contribution in [2.75, 3.05) is 38.2 Å². The molecule has 0 aliphatic carbocycles. The lowest BCUT2D eigenvalue weighted by Gasteiger charge is -2.30. The first kappa shape index (κ1) is 14.3. The zero-order chi connectivity index (χ0) is 11.8. The topological polar surface area (TPSA) is 15.3 Å². The van der Waals surface area contributed by atoms with Crippen LogP contribution < -0.4 is 5.32 Å². The second kappa shape index (κ2) is 8.37. The van der Waals surface area contributed by atoms with Gasteiger partial charge in [-0.05, 0) is 63.7 Å². The number of nitrogens with zero attached hydrogens (tertiary/aromatic N) is 1. The molecule has 1 saturated heterocycles. The summed E-state index contributed by atoms with van der Waals surface area (Å²) in [5, 5.41) is 3.69. The number of nitrogens with one attached hydrogen (secondary N) is 1. The second-order valence-corrected chi connectivity index (χ2v) is 6.46. The monoisotopic (exact) mass is 244 g/mol. The Hall–Kier alpha value is 0.270. The Bertz CT molecular complexity index is 175. The first-order valence-electron chi connectivity index (χ1n) is 6.72. The predicted molar refractivity (Wildman–Crippen MR) is 75.3 cm³/mol. The minimum absolute atomic E-state index is 0.686. The third kappa shape index (κ3) is 6.12. The van der Waals surface area contributed by atoms with E-state index in [9.17, 15) is 0 Å². The molecule has 1 rings (SSSR count). The fourth-order valence-electron chi connectivity index (χ4n) is 2.31. The first-order valence-corrected chi connectivity index (χ1v) is 7.87. The molecule has 1 N–H and O–H groups in total. The Morgan fingerprint density at radius 2 is 2.31 bits per heavy atom. The van der Waals surface area contributed by atoms with Crippen molar-refractivity contribution in [3.05, 3.63) is 0 Å². The van der Waals surface area contributed by atoms with Crippen LogP contribution in [0.25, 0.3) is 0 Å². The van der Waals surface area contributed by atoms with Gasteiger partial charge in [-0.25, -0.2) is 0 Å². The summed E-state index contributed by atoms with van der Waals surface area (Å²) in [6, 6.07) is 0.686. The van der Waals surface area contributed by atoms with Gasteiger partial charge in [0, 0.05) is 12.6 Å². The number of rotatable bonds is 7. The summed E-state index contributed by atoms with van der Waals surface area (Å²) < 4.78 is 0. The molecular weight excluding hydrogens is 216 g/mol. The molecule has 2 nitrogen and oxygen atoms in total. The lowest BCUT2D eigenvalue weighted by Crippen LogP contribution is -2.39. The molecule has 0 aromatic heterocycles. The lowest BCUT2D eigenvalue weighted by atomic mass is 9.98. The fraction of sp³-hybridized carbons (Fsp3) is 1.00. The van der Waals surface area contributed by atoms with E-state index in [1.165, 1.54) is 50.4 Å². The van der Waals surface area contributed by atoms with Crippen LogP contribution >= 0.6 is 11.8 Å². The number of piperidine rings is 1. The van der Waals surface area contributed by atoms with Crippen molar-refractivity contribution in [3.63, 3.8) is 0 Å². The van der Waals surface area contributed by atoms with E-state index in [2.05, 4.69) is 42.9 Å². The van der Waals surface area contributed by atoms with Crippen molar-refractivity contribution in [1.29, 1.82) is 0 Å². The Morgan fingerprint density at radius 1 is 1.50 bits per heavy atom. The average molecular weight is 244 g/mol. The molecule has 1 fully saturated rings. The molecule has 96 valence electrons. The maximum atomic E-state index is 3.69. The zero-order valence-corrected chi connectivity index (χ0v) is 12.0. The normalized spacial score (nSPS) is 24.6. The van der Waals surface area contributed by atoms with Crippen LogP contribution in [-0.2, 0) is 0 Å². The van der Waals surface area contributed by atoms with Crippen LogP contribution in [0, 0.1) is 5.92 Å². The predicted octanol–water partition coefficient (Wildman–Crippen LogP) is 2.45. The van der Waals surface area contributed by atoms with E-state index < -0.39 is 0 Å². The van der Waals surface area contributed by atoms with Crippen molar-refractivity contribution in [1.82, 2.24) is 10.2 Å². The van der Waals surface area contributed by atoms with Crippen molar-refractivity contribution in [2.24, 2.45) is 5.92 Å². The quantitative estimate of drug-likeness (QED) is 0.693. The number of hydrogen-bond acceptors (Lipinski definition) is 3. The van der Waals surface area contributed by atoms with Gasteiger partial charge in [0.25, 0.3) is 0 Å². The molecule has 1 heterocycles. The van der Waals surface area contributed by atoms with Gasteiger partial charge in [-0.3, -0.25) is 0 Å². The van der Waals surface area contributed by atoms with Crippen molar-refractivity contribution < 1.29 is 0 Å². The van der Waals surface area contributed by atoms with Crippen LogP contribution in [0.5, 0.6) is 0 Å². The van der Waals surface area contributed by atoms with Gasteiger partial charge in [0.05, 0.1) is 0 Å².